The van der Waals surface area contributed by atoms with Gasteiger partial charge in [-0.25, -0.2) is 4.98 Å². The normalized spacial score (nSPS) is 10.7. The van der Waals surface area contributed by atoms with E-state index in [1.165, 1.54) is 11.3 Å². The van der Waals surface area contributed by atoms with Crippen molar-refractivity contribution < 1.29 is 0 Å². The summed E-state index contributed by atoms with van der Waals surface area (Å²) >= 11 is 3.44. The molecule has 0 aliphatic heterocycles. The average Bonchev–Trinajstić information content (AvgIpc) is 2.62. The van der Waals surface area contributed by atoms with Gasteiger partial charge in [0, 0.05) is 23.6 Å². The molecule has 1 aromatic carbocycles. The molecule has 4 heteroatoms. The van der Waals surface area contributed by atoms with Crippen LogP contribution in [0.15, 0.2) is 35.1 Å². The standard InChI is InChI=1S/C12H14BrN3/c1-14-7-11-12(16(2)8-15-11)9-3-5-10(13)6-4-9/h3-6,8,14H,7H2,1-2H3. The Morgan fingerprint density at radius 3 is 2.62 bits per heavy atom. The molecule has 0 aliphatic carbocycles. The topological polar surface area (TPSA) is 29.9 Å². The van der Waals surface area contributed by atoms with Crippen LogP contribution < -0.4 is 5.32 Å². The number of rotatable bonds is 3. The molecule has 1 N–H and O–H groups in total. The largest absolute Gasteiger partial charge is 0.333 e. The Morgan fingerprint density at radius 1 is 1.31 bits per heavy atom. The number of halogens is 1. The van der Waals surface area contributed by atoms with Crippen molar-refractivity contribution in [2.45, 2.75) is 6.54 Å². The number of nitrogens with zero attached hydrogens (tertiary/aromatic N) is 2. The van der Waals surface area contributed by atoms with Gasteiger partial charge in [0.2, 0.25) is 0 Å². The van der Waals surface area contributed by atoms with Crippen LogP contribution >= 0.6 is 15.9 Å². The number of nitrogens with one attached hydrogen (secondary N) is 1. The molecule has 0 spiro atoms. The van der Waals surface area contributed by atoms with E-state index in [0.29, 0.717) is 0 Å². The summed E-state index contributed by atoms with van der Waals surface area (Å²) in [6, 6.07) is 8.29. The summed E-state index contributed by atoms with van der Waals surface area (Å²) in [5.41, 5.74) is 3.43. The van der Waals surface area contributed by atoms with Gasteiger partial charge < -0.3 is 9.88 Å². The highest BCUT2D eigenvalue weighted by Gasteiger charge is 2.09. The summed E-state index contributed by atoms with van der Waals surface area (Å²) in [5, 5.41) is 3.13. The fraction of sp³-hybridized carbons (Fsp3) is 0.250. The minimum atomic E-state index is 0.784. The molecule has 1 aromatic heterocycles. The summed E-state index contributed by atoms with van der Waals surface area (Å²) in [4.78, 5) is 4.39. The van der Waals surface area contributed by atoms with E-state index < -0.39 is 0 Å². The van der Waals surface area contributed by atoms with Crippen LogP contribution in [0.1, 0.15) is 5.69 Å². The molecule has 3 nitrogen and oxygen atoms in total. The second kappa shape index (κ2) is 4.80. The summed E-state index contributed by atoms with van der Waals surface area (Å²) in [6.45, 7) is 0.784. The van der Waals surface area contributed by atoms with E-state index in [2.05, 4.69) is 42.9 Å². The first kappa shape index (κ1) is 11.4. The highest BCUT2D eigenvalue weighted by molar-refractivity contribution is 9.10. The van der Waals surface area contributed by atoms with Crippen molar-refractivity contribution in [3.05, 3.63) is 40.8 Å². The van der Waals surface area contributed by atoms with E-state index in [9.17, 15) is 0 Å². The second-order valence-electron chi connectivity index (χ2n) is 3.69. The van der Waals surface area contributed by atoms with Gasteiger partial charge in [0.05, 0.1) is 17.7 Å². The van der Waals surface area contributed by atoms with E-state index >= 15 is 0 Å². The van der Waals surface area contributed by atoms with Crippen LogP contribution in [-0.2, 0) is 13.6 Å². The number of aryl methyl sites for hydroxylation is 1. The molecule has 0 saturated carbocycles. The molecule has 0 fully saturated rings. The van der Waals surface area contributed by atoms with E-state index in [0.717, 1.165) is 16.7 Å². The highest BCUT2D eigenvalue weighted by Crippen LogP contribution is 2.24. The van der Waals surface area contributed by atoms with Crippen molar-refractivity contribution in [3.8, 4) is 11.3 Å². The molecule has 0 atom stereocenters. The predicted octanol–water partition coefficient (Wildman–Crippen LogP) is 2.57. The first-order chi connectivity index (χ1) is 7.72. The zero-order valence-electron chi connectivity index (χ0n) is 9.37. The maximum atomic E-state index is 4.39. The van der Waals surface area contributed by atoms with Crippen molar-refractivity contribution >= 4 is 15.9 Å². The fourth-order valence-electron chi connectivity index (χ4n) is 1.75. The summed E-state index contributed by atoms with van der Waals surface area (Å²) in [7, 11) is 3.95. The van der Waals surface area contributed by atoms with Crippen LogP contribution in [0.5, 0.6) is 0 Å². The SMILES string of the molecule is CNCc1ncn(C)c1-c1ccc(Br)cc1. The van der Waals surface area contributed by atoms with Gasteiger partial charge in [-0.05, 0) is 19.2 Å². The monoisotopic (exact) mass is 279 g/mol. The van der Waals surface area contributed by atoms with E-state index in [1.807, 2.05) is 32.6 Å². The Labute approximate surface area is 104 Å². The third kappa shape index (κ3) is 2.18. The second-order valence-corrected chi connectivity index (χ2v) is 4.60. The molecule has 0 saturated heterocycles. The molecular formula is C12H14BrN3. The average molecular weight is 280 g/mol. The van der Waals surface area contributed by atoms with E-state index in [-0.39, 0.29) is 0 Å². The van der Waals surface area contributed by atoms with Crippen LogP contribution in [0.2, 0.25) is 0 Å². The van der Waals surface area contributed by atoms with Crippen molar-refractivity contribution in [2.24, 2.45) is 7.05 Å². The van der Waals surface area contributed by atoms with Crippen LogP contribution in [0.3, 0.4) is 0 Å². The summed E-state index contributed by atoms with van der Waals surface area (Å²) in [5.74, 6) is 0. The Balaban J connectivity index is 2.45. The lowest BCUT2D eigenvalue weighted by Gasteiger charge is -2.06. The van der Waals surface area contributed by atoms with Gasteiger partial charge in [0.25, 0.3) is 0 Å². The van der Waals surface area contributed by atoms with Crippen molar-refractivity contribution in [3.63, 3.8) is 0 Å². The zero-order valence-corrected chi connectivity index (χ0v) is 11.0. The van der Waals surface area contributed by atoms with Crippen molar-refractivity contribution in [2.75, 3.05) is 7.05 Å². The van der Waals surface area contributed by atoms with Gasteiger partial charge in [-0.1, -0.05) is 28.1 Å². The van der Waals surface area contributed by atoms with Crippen LogP contribution in [0, 0.1) is 0 Å². The Bertz CT molecular complexity index is 474. The lowest BCUT2D eigenvalue weighted by Crippen LogP contribution is -2.07. The maximum Gasteiger partial charge on any atom is 0.0952 e. The predicted molar refractivity (Wildman–Crippen MR) is 69.1 cm³/mol. The molecule has 84 valence electrons. The zero-order chi connectivity index (χ0) is 11.5. The number of hydrogen-bond donors (Lipinski definition) is 1. The molecule has 0 bridgehead atoms. The van der Waals surface area contributed by atoms with Gasteiger partial charge in [-0.2, -0.15) is 0 Å². The van der Waals surface area contributed by atoms with E-state index in [1.54, 1.807) is 0 Å². The first-order valence-electron chi connectivity index (χ1n) is 5.13. The molecule has 0 amide bonds. The van der Waals surface area contributed by atoms with Crippen LogP contribution in [-0.4, -0.2) is 16.6 Å². The molecule has 0 aliphatic rings. The molecule has 16 heavy (non-hydrogen) atoms. The minimum absolute atomic E-state index is 0.784. The molecule has 0 unspecified atom stereocenters. The quantitative estimate of drug-likeness (QED) is 0.936. The van der Waals surface area contributed by atoms with Gasteiger partial charge >= 0.3 is 0 Å². The number of benzene rings is 1. The lowest BCUT2D eigenvalue weighted by molar-refractivity contribution is 0.797. The van der Waals surface area contributed by atoms with Gasteiger partial charge in [0.15, 0.2) is 0 Å². The maximum absolute atomic E-state index is 4.39. The Hall–Kier alpha value is -1.13. The molecule has 2 rings (SSSR count). The summed E-state index contributed by atoms with van der Waals surface area (Å²) in [6.07, 6.45) is 1.85. The molecule has 2 aromatic rings. The van der Waals surface area contributed by atoms with Crippen LogP contribution in [0.4, 0.5) is 0 Å². The van der Waals surface area contributed by atoms with Crippen molar-refractivity contribution in [1.29, 1.82) is 0 Å². The molecular weight excluding hydrogens is 266 g/mol. The van der Waals surface area contributed by atoms with Gasteiger partial charge in [-0.15, -0.1) is 0 Å². The van der Waals surface area contributed by atoms with E-state index in [4.69, 9.17) is 0 Å². The third-order valence-electron chi connectivity index (χ3n) is 2.47. The van der Waals surface area contributed by atoms with Crippen LogP contribution in [0.25, 0.3) is 11.3 Å². The fourth-order valence-corrected chi connectivity index (χ4v) is 2.02. The first-order valence-corrected chi connectivity index (χ1v) is 5.92. The smallest absolute Gasteiger partial charge is 0.0952 e. The molecule has 1 heterocycles. The third-order valence-corrected chi connectivity index (χ3v) is 3.00. The Morgan fingerprint density at radius 2 is 2.00 bits per heavy atom. The van der Waals surface area contributed by atoms with Gasteiger partial charge in [0.1, 0.15) is 0 Å². The number of hydrogen-bond acceptors (Lipinski definition) is 2. The number of aromatic nitrogens is 2. The molecule has 0 radical (unpaired) electrons. The van der Waals surface area contributed by atoms with Gasteiger partial charge in [-0.3, -0.25) is 0 Å². The minimum Gasteiger partial charge on any atom is -0.333 e. The summed E-state index contributed by atoms with van der Waals surface area (Å²) < 4.78 is 3.14. The lowest BCUT2D eigenvalue weighted by atomic mass is 10.1. The Kier molecular flexibility index (Phi) is 3.41. The number of imidazole rings is 1. The van der Waals surface area contributed by atoms with Crippen molar-refractivity contribution in [1.82, 2.24) is 14.9 Å². The highest BCUT2D eigenvalue weighted by atomic mass is 79.9.